The molecule has 2 heteroatoms. The first-order chi connectivity index (χ1) is 6.56. The highest BCUT2D eigenvalue weighted by atomic mass is 16.5. The minimum Gasteiger partial charge on any atom is -0.463 e. The molecule has 0 unspecified atom stereocenters. The van der Waals surface area contributed by atoms with Crippen LogP contribution in [0.2, 0.25) is 0 Å². The number of hydrogen-bond acceptors (Lipinski definition) is 2. The summed E-state index contributed by atoms with van der Waals surface area (Å²) in [7, 11) is 0. The number of carbonyl (C=O) groups is 1. The van der Waals surface area contributed by atoms with Gasteiger partial charge in [-0.2, -0.15) is 0 Å². The third kappa shape index (κ3) is 7.84. The molecule has 0 spiro atoms. The molecule has 0 aliphatic rings. The Labute approximate surface area is 87.3 Å². The number of ether oxygens (including phenoxy) is 1. The summed E-state index contributed by atoms with van der Waals surface area (Å²) in [5, 5.41) is 0. The summed E-state index contributed by atoms with van der Waals surface area (Å²) in [5.74, 6) is -0.0720. The second-order valence-electron chi connectivity index (χ2n) is 3.91. The van der Waals surface area contributed by atoms with Crippen LogP contribution in [0.4, 0.5) is 0 Å². The predicted octanol–water partition coefficient (Wildman–Crippen LogP) is 3.46. The van der Waals surface area contributed by atoms with Gasteiger partial charge in [-0.15, -0.1) is 0 Å². The first-order valence-corrected chi connectivity index (χ1v) is 5.39. The van der Waals surface area contributed by atoms with E-state index in [1.807, 2.05) is 13.8 Å². The van der Waals surface area contributed by atoms with Crippen LogP contribution in [0, 0.1) is 0 Å². The van der Waals surface area contributed by atoms with Gasteiger partial charge in [0, 0.05) is 6.42 Å². The molecule has 0 radical (unpaired) electrons. The summed E-state index contributed by atoms with van der Waals surface area (Å²) in [6.07, 6.45) is 5.52. The van der Waals surface area contributed by atoms with Crippen LogP contribution in [-0.2, 0) is 9.53 Å². The predicted molar refractivity (Wildman–Crippen MR) is 59.1 cm³/mol. The minimum absolute atomic E-state index is 0.0460. The van der Waals surface area contributed by atoms with Gasteiger partial charge in [0.05, 0.1) is 6.10 Å². The van der Waals surface area contributed by atoms with E-state index < -0.39 is 0 Å². The summed E-state index contributed by atoms with van der Waals surface area (Å²) < 4.78 is 5.20. The number of esters is 1. The van der Waals surface area contributed by atoms with E-state index in [0.717, 1.165) is 19.3 Å². The summed E-state index contributed by atoms with van der Waals surface area (Å²) in [4.78, 5) is 11.1. The Hall–Kier alpha value is -0.790. The smallest absolute Gasteiger partial charge is 0.306 e. The molecule has 0 aromatic rings. The average Bonchev–Trinajstić information content (AvgIpc) is 2.03. The monoisotopic (exact) mass is 198 g/mol. The second-order valence-corrected chi connectivity index (χ2v) is 3.91. The van der Waals surface area contributed by atoms with Crippen LogP contribution >= 0.6 is 0 Å². The van der Waals surface area contributed by atoms with Gasteiger partial charge in [0.25, 0.3) is 0 Å². The molecule has 0 amide bonds. The van der Waals surface area contributed by atoms with E-state index in [9.17, 15) is 4.79 Å². The zero-order valence-corrected chi connectivity index (χ0v) is 9.80. The summed E-state index contributed by atoms with van der Waals surface area (Å²) in [6, 6.07) is 0. The molecule has 0 aliphatic heterocycles. The summed E-state index contributed by atoms with van der Waals surface area (Å²) in [6.45, 7) is 8.09. The third-order valence-corrected chi connectivity index (χ3v) is 1.91. The van der Waals surface area contributed by atoms with Crippen LogP contribution in [-0.4, -0.2) is 12.1 Å². The van der Waals surface area contributed by atoms with Gasteiger partial charge in [-0.3, -0.25) is 4.79 Å². The molecule has 0 fully saturated rings. The number of rotatable bonds is 6. The molecule has 82 valence electrons. The van der Waals surface area contributed by atoms with E-state index >= 15 is 0 Å². The maximum absolute atomic E-state index is 11.1. The van der Waals surface area contributed by atoms with Crippen molar-refractivity contribution in [2.24, 2.45) is 0 Å². The molecule has 2 nitrogen and oxygen atoms in total. The van der Waals surface area contributed by atoms with Crippen LogP contribution in [0.5, 0.6) is 0 Å². The lowest BCUT2D eigenvalue weighted by Crippen LogP contribution is -2.14. The van der Waals surface area contributed by atoms with Crippen molar-refractivity contribution in [1.29, 1.82) is 0 Å². The highest BCUT2D eigenvalue weighted by molar-refractivity contribution is 5.69. The number of allylic oxidation sites excluding steroid dienone is 2. The Balaban J connectivity index is 3.59. The van der Waals surface area contributed by atoms with E-state index in [1.165, 1.54) is 5.57 Å². The van der Waals surface area contributed by atoms with Crippen molar-refractivity contribution in [3.63, 3.8) is 0 Å². The minimum atomic E-state index is -0.0720. The Morgan fingerprint density at radius 2 is 2.07 bits per heavy atom. The molecule has 0 saturated heterocycles. The average molecular weight is 198 g/mol. The van der Waals surface area contributed by atoms with E-state index in [4.69, 9.17) is 4.74 Å². The standard InChI is InChI=1S/C12H22O2/c1-5-7-12(13)14-11(4)9-6-8-10(2)3/h8,11H,5-7,9H2,1-4H3/t11-/m1/s1. The van der Waals surface area contributed by atoms with Crippen molar-refractivity contribution in [1.82, 2.24) is 0 Å². The molecule has 1 atom stereocenters. The molecule has 0 bridgehead atoms. The maximum Gasteiger partial charge on any atom is 0.306 e. The third-order valence-electron chi connectivity index (χ3n) is 1.91. The SMILES string of the molecule is CCCC(=O)O[C@H](C)CCC=C(C)C. The van der Waals surface area contributed by atoms with E-state index in [1.54, 1.807) is 0 Å². The van der Waals surface area contributed by atoms with Crippen molar-refractivity contribution < 1.29 is 9.53 Å². The van der Waals surface area contributed by atoms with Gasteiger partial charge in [0.2, 0.25) is 0 Å². The highest BCUT2D eigenvalue weighted by Crippen LogP contribution is 2.06. The lowest BCUT2D eigenvalue weighted by molar-refractivity contribution is -0.148. The summed E-state index contributed by atoms with van der Waals surface area (Å²) in [5.41, 5.74) is 1.32. The first kappa shape index (κ1) is 13.2. The fraction of sp³-hybridized carbons (Fsp3) is 0.750. The Bertz CT molecular complexity index is 190. The molecule has 0 heterocycles. The molecular weight excluding hydrogens is 176 g/mol. The Kier molecular flexibility index (Phi) is 7.17. The topological polar surface area (TPSA) is 26.3 Å². The van der Waals surface area contributed by atoms with Crippen LogP contribution in [0.25, 0.3) is 0 Å². The quantitative estimate of drug-likeness (QED) is 0.482. The maximum atomic E-state index is 11.1. The van der Waals surface area contributed by atoms with Gasteiger partial charge in [-0.1, -0.05) is 18.6 Å². The van der Waals surface area contributed by atoms with Crippen molar-refractivity contribution in [3.8, 4) is 0 Å². The van der Waals surface area contributed by atoms with E-state index in [-0.39, 0.29) is 12.1 Å². The zero-order valence-electron chi connectivity index (χ0n) is 9.80. The molecule has 0 saturated carbocycles. The van der Waals surface area contributed by atoms with Crippen molar-refractivity contribution in [2.45, 2.75) is 59.5 Å². The van der Waals surface area contributed by atoms with Crippen molar-refractivity contribution in [3.05, 3.63) is 11.6 Å². The fourth-order valence-electron chi connectivity index (χ4n) is 1.15. The van der Waals surface area contributed by atoms with Crippen LogP contribution in [0.1, 0.15) is 53.4 Å². The molecule has 0 aromatic carbocycles. The molecular formula is C12H22O2. The van der Waals surface area contributed by atoms with Gasteiger partial charge in [0.15, 0.2) is 0 Å². The summed E-state index contributed by atoms with van der Waals surface area (Å²) >= 11 is 0. The van der Waals surface area contributed by atoms with Gasteiger partial charge in [-0.05, 0) is 40.0 Å². The van der Waals surface area contributed by atoms with E-state index in [0.29, 0.717) is 6.42 Å². The number of hydrogen-bond donors (Lipinski definition) is 0. The normalized spacial score (nSPS) is 12.0. The highest BCUT2D eigenvalue weighted by Gasteiger charge is 2.06. The van der Waals surface area contributed by atoms with Gasteiger partial charge in [0.1, 0.15) is 0 Å². The first-order valence-electron chi connectivity index (χ1n) is 5.39. The van der Waals surface area contributed by atoms with Crippen LogP contribution < -0.4 is 0 Å². The zero-order chi connectivity index (χ0) is 11.0. The second kappa shape index (κ2) is 7.60. The Morgan fingerprint density at radius 3 is 2.57 bits per heavy atom. The van der Waals surface area contributed by atoms with Gasteiger partial charge in [-0.25, -0.2) is 0 Å². The van der Waals surface area contributed by atoms with Crippen LogP contribution in [0.15, 0.2) is 11.6 Å². The van der Waals surface area contributed by atoms with Crippen LogP contribution in [0.3, 0.4) is 0 Å². The molecule has 0 aliphatic carbocycles. The Morgan fingerprint density at radius 1 is 1.43 bits per heavy atom. The number of carbonyl (C=O) groups excluding carboxylic acids is 1. The molecule has 0 aromatic heterocycles. The largest absolute Gasteiger partial charge is 0.463 e. The van der Waals surface area contributed by atoms with Crippen molar-refractivity contribution >= 4 is 5.97 Å². The molecule has 0 N–H and O–H groups in total. The van der Waals surface area contributed by atoms with E-state index in [2.05, 4.69) is 19.9 Å². The van der Waals surface area contributed by atoms with Gasteiger partial charge >= 0.3 is 5.97 Å². The molecule has 0 rings (SSSR count). The lowest BCUT2D eigenvalue weighted by Gasteiger charge is -2.11. The molecule has 14 heavy (non-hydrogen) atoms. The van der Waals surface area contributed by atoms with Crippen molar-refractivity contribution in [2.75, 3.05) is 0 Å². The lowest BCUT2D eigenvalue weighted by atomic mass is 10.2. The van der Waals surface area contributed by atoms with Gasteiger partial charge < -0.3 is 4.74 Å². The fourth-order valence-corrected chi connectivity index (χ4v) is 1.15.